The normalized spacial score (nSPS) is 33.1. The molecule has 2 aliphatic rings. The smallest absolute Gasteiger partial charge is 0.326 e. The molecule has 0 heterocycles. The average Bonchev–Trinajstić information content (AvgIpc) is 3.04. The number of nitrogens with zero attached hydrogens (tertiary/aromatic N) is 1. The van der Waals surface area contributed by atoms with Gasteiger partial charge in [0.05, 0.1) is 7.11 Å². The minimum Gasteiger partial charge on any atom is -0.468 e. The maximum atomic E-state index is 12.1. The van der Waals surface area contributed by atoms with Gasteiger partial charge in [0.2, 0.25) is 0 Å². The average molecular weight is 240 g/mol. The number of carbonyl (C=O) groups is 1. The molecule has 0 aliphatic heterocycles. The second kappa shape index (κ2) is 4.94. The Balaban J connectivity index is 2.04. The van der Waals surface area contributed by atoms with Crippen LogP contribution in [-0.4, -0.2) is 49.2 Å². The summed E-state index contributed by atoms with van der Waals surface area (Å²) in [4.78, 5) is 14.4. The number of rotatable bonds is 5. The SMILES string of the molecule is CCN(C)C1CCC(NC2CC2)(C(=O)OC)C1. The van der Waals surface area contributed by atoms with Gasteiger partial charge in [-0.2, -0.15) is 0 Å². The van der Waals surface area contributed by atoms with Crippen molar-refractivity contribution in [3.63, 3.8) is 0 Å². The van der Waals surface area contributed by atoms with Crippen LogP contribution >= 0.6 is 0 Å². The molecule has 2 atom stereocenters. The van der Waals surface area contributed by atoms with Crippen LogP contribution in [0.2, 0.25) is 0 Å². The molecule has 4 heteroatoms. The molecule has 2 aliphatic carbocycles. The summed E-state index contributed by atoms with van der Waals surface area (Å²) in [6, 6.07) is 1.05. The number of nitrogens with one attached hydrogen (secondary N) is 1. The lowest BCUT2D eigenvalue weighted by atomic mass is 9.97. The molecule has 2 fully saturated rings. The van der Waals surface area contributed by atoms with Crippen molar-refractivity contribution in [1.82, 2.24) is 10.2 Å². The highest BCUT2D eigenvalue weighted by Gasteiger charge is 2.49. The van der Waals surface area contributed by atoms with Gasteiger partial charge in [0, 0.05) is 12.1 Å². The van der Waals surface area contributed by atoms with Gasteiger partial charge >= 0.3 is 5.97 Å². The highest BCUT2D eigenvalue weighted by molar-refractivity contribution is 5.81. The fourth-order valence-corrected chi connectivity index (χ4v) is 2.84. The molecule has 0 amide bonds. The first kappa shape index (κ1) is 12.8. The fourth-order valence-electron chi connectivity index (χ4n) is 2.84. The Morgan fingerprint density at radius 2 is 2.18 bits per heavy atom. The van der Waals surface area contributed by atoms with Gasteiger partial charge in [-0.05, 0) is 45.7 Å². The summed E-state index contributed by atoms with van der Waals surface area (Å²) in [5.41, 5.74) is -0.413. The molecular weight excluding hydrogens is 216 g/mol. The zero-order valence-corrected chi connectivity index (χ0v) is 11.2. The van der Waals surface area contributed by atoms with E-state index in [-0.39, 0.29) is 5.97 Å². The maximum Gasteiger partial charge on any atom is 0.326 e. The molecule has 2 rings (SSSR count). The third-order valence-electron chi connectivity index (χ3n) is 4.24. The van der Waals surface area contributed by atoms with Gasteiger partial charge in [0.1, 0.15) is 5.54 Å². The van der Waals surface area contributed by atoms with Crippen LogP contribution in [0.15, 0.2) is 0 Å². The maximum absolute atomic E-state index is 12.1. The van der Waals surface area contributed by atoms with E-state index in [0.29, 0.717) is 12.1 Å². The van der Waals surface area contributed by atoms with Crippen molar-refractivity contribution in [2.24, 2.45) is 0 Å². The van der Waals surface area contributed by atoms with Gasteiger partial charge in [-0.1, -0.05) is 6.92 Å². The van der Waals surface area contributed by atoms with E-state index in [0.717, 1.165) is 25.8 Å². The molecule has 0 aromatic heterocycles. The standard InChI is InChI=1S/C13H24N2O2/c1-4-15(2)11-7-8-13(9-11,12(16)17-3)14-10-5-6-10/h10-11,14H,4-9H2,1-3H3. The van der Waals surface area contributed by atoms with E-state index >= 15 is 0 Å². The van der Waals surface area contributed by atoms with Crippen molar-refractivity contribution >= 4 is 5.97 Å². The third-order valence-corrected chi connectivity index (χ3v) is 4.24. The van der Waals surface area contributed by atoms with E-state index in [1.54, 1.807) is 0 Å². The van der Waals surface area contributed by atoms with Crippen LogP contribution in [0.4, 0.5) is 0 Å². The van der Waals surface area contributed by atoms with Crippen molar-refractivity contribution in [1.29, 1.82) is 0 Å². The quantitative estimate of drug-likeness (QED) is 0.732. The van der Waals surface area contributed by atoms with Gasteiger partial charge in [0.25, 0.3) is 0 Å². The zero-order chi connectivity index (χ0) is 12.5. The minimum atomic E-state index is -0.413. The highest BCUT2D eigenvalue weighted by Crippen LogP contribution is 2.36. The van der Waals surface area contributed by atoms with E-state index in [1.165, 1.54) is 20.0 Å². The van der Waals surface area contributed by atoms with Crippen LogP contribution in [0.25, 0.3) is 0 Å². The van der Waals surface area contributed by atoms with Gasteiger partial charge < -0.3 is 9.64 Å². The Morgan fingerprint density at radius 3 is 2.71 bits per heavy atom. The molecule has 1 N–H and O–H groups in total. The van der Waals surface area contributed by atoms with Crippen LogP contribution in [0.3, 0.4) is 0 Å². The topological polar surface area (TPSA) is 41.6 Å². The van der Waals surface area contributed by atoms with Crippen LogP contribution < -0.4 is 5.32 Å². The van der Waals surface area contributed by atoms with Crippen LogP contribution in [0.1, 0.15) is 39.0 Å². The van der Waals surface area contributed by atoms with Crippen molar-refractivity contribution in [3.05, 3.63) is 0 Å². The van der Waals surface area contributed by atoms with Gasteiger partial charge in [-0.15, -0.1) is 0 Å². The number of methoxy groups -OCH3 is 1. The molecular formula is C13H24N2O2. The summed E-state index contributed by atoms with van der Waals surface area (Å²) < 4.78 is 5.01. The molecule has 0 bridgehead atoms. The number of carbonyl (C=O) groups excluding carboxylic acids is 1. The molecule has 0 aromatic carbocycles. The van der Waals surface area contributed by atoms with Crippen LogP contribution in [0, 0.1) is 0 Å². The van der Waals surface area contributed by atoms with Gasteiger partial charge in [-0.3, -0.25) is 10.1 Å². The Labute approximate surface area is 104 Å². The lowest BCUT2D eigenvalue weighted by Gasteiger charge is -2.29. The Kier molecular flexibility index (Phi) is 3.73. The number of esters is 1. The Bertz CT molecular complexity index is 291. The summed E-state index contributed by atoms with van der Waals surface area (Å²) in [6.45, 7) is 3.19. The van der Waals surface area contributed by atoms with Gasteiger partial charge in [0.15, 0.2) is 0 Å². The molecule has 2 unspecified atom stereocenters. The summed E-state index contributed by atoms with van der Waals surface area (Å²) in [7, 11) is 3.63. The van der Waals surface area contributed by atoms with E-state index in [1.807, 2.05) is 0 Å². The third kappa shape index (κ3) is 2.63. The minimum absolute atomic E-state index is 0.0728. The number of hydrogen-bond donors (Lipinski definition) is 1. The zero-order valence-electron chi connectivity index (χ0n) is 11.2. The van der Waals surface area contributed by atoms with E-state index in [4.69, 9.17) is 4.74 Å². The molecule has 17 heavy (non-hydrogen) atoms. The van der Waals surface area contributed by atoms with Crippen molar-refractivity contribution < 1.29 is 9.53 Å². The molecule has 2 saturated carbocycles. The second-order valence-electron chi connectivity index (χ2n) is 5.46. The van der Waals surface area contributed by atoms with Gasteiger partial charge in [-0.25, -0.2) is 0 Å². The number of ether oxygens (including phenoxy) is 1. The summed E-state index contributed by atoms with van der Waals surface area (Å²) in [6.07, 6.45) is 5.28. The van der Waals surface area contributed by atoms with Crippen molar-refractivity contribution in [2.75, 3.05) is 20.7 Å². The molecule has 0 radical (unpaired) electrons. The molecule has 0 aromatic rings. The lowest BCUT2D eigenvalue weighted by molar-refractivity contribution is -0.148. The van der Waals surface area contributed by atoms with Crippen molar-refractivity contribution in [3.8, 4) is 0 Å². The van der Waals surface area contributed by atoms with E-state index < -0.39 is 5.54 Å². The summed E-state index contributed by atoms with van der Waals surface area (Å²) >= 11 is 0. The molecule has 0 spiro atoms. The van der Waals surface area contributed by atoms with Crippen molar-refractivity contribution in [2.45, 2.75) is 56.7 Å². The highest BCUT2D eigenvalue weighted by atomic mass is 16.5. The lowest BCUT2D eigenvalue weighted by Crippen LogP contribution is -2.52. The fraction of sp³-hybridized carbons (Fsp3) is 0.923. The summed E-state index contributed by atoms with van der Waals surface area (Å²) in [5, 5.41) is 3.52. The Hall–Kier alpha value is -0.610. The summed E-state index contributed by atoms with van der Waals surface area (Å²) in [5.74, 6) is -0.0728. The van der Waals surface area contributed by atoms with Crippen LogP contribution in [0.5, 0.6) is 0 Å². The Morgan fingerprint density at radius 1 is 1.47 bits per heavy atom. The largest absolute Gasteiger partial charge is 0.468 e. The molecule has 4 nitrogen and oxygen atoms in total. The first-order chi connectivity index (χ1) is 8.11. The predicted octanol–water partition coefficient (Wildman–Crippen LogP) is 1.15. The van der Waals surface area contributed by atoms with E-state index in [2.05, 4.69) is 24.2 Å². The number of hydrogen-bond acceptors (Lipinski definition) is 4. The predicted molar refractivity (Wildman–Crippen MR) is 66.8 cm³/mol. The van der Waals surface area contributed by atoms with E-state index in [9.17, 15) is 4.79 Å². The first-order valence-electron chi connectivity index (χ1n) is 6.67. The second-order valence-corrected chi connectivity index (χ2v) is 5.46. The van der Waals surface area contributed by atoms with Crippen LogP contribution in [-0.2, 0) is 9.53 Å². The molecule has 0 saturated heterocycles. The monoisotopic (exact) mass is 240 g/mol. The molecule has 98 valence electrons. The first-order valence-corrected chi connectivity index (χ1v) is 6.67.